The summed E-state index contributed by atoms with van der Waals surface area (Å²) >= 11 is 1.51. The van der Waals surface area contributed by atoms with Gasteiger partial charge in [-0.15, -0.1) is 11.3 Å². The number of nitrogens with zero attached hydrogens (tertiary/aromatic N) is 4. The molecule has 0 unspecified atom stereocenters. The van der Waals surface area contributed by atoms with Crippen LogP contribution in [0.2, 0.25) is 0 Å². The molecule has 1 fully saturated rings. The Morgan fingerprint density at radius 3 is 2.24 bits per heavy atom. The molecule has 6 nitrogen and oxygen atoms in total. The van der Waals surface area contributed by atoms with Gasteiger partial charge in [-0.2, -0.15) is 0 Å². The van der Waals surface area contributed by atoms with Crippen molar-refractivity contribution in [3.63, 3.8) is 0 Å². The van der Waals surface area contributed by atoms with Crippen LogP contribution >= 0.6 is 11.3 Å². The van der Waals surface area contributed by atoms with E-state index in [4.69, 9.17) is 9.72 Å². The summed E-state index contributed by atoms with van der Waals surface area (Å²) in [4.78, 5) is 24.5. The van der Waals surface area contributed by atoms with Crippen molar-refractivity contribution in [1.29, 1.82) is 0 Å². The Bertz CT molecular complexity index is 1420. The van der Waals surface area contributed by atoms with E-state index in [9.17, 15) is 9.18 Å². The number of amides is 1. The Hall–Kier alpha value is -3.85. The van der Waals surface area contributed by atoms with E-state index in [0.717, 1.165) is 41.5 Å². The summed E-state index contributed by atoms with van der Waals surface area (Å²) in [6.07, 6.45) is 4.32. The molecular formula is C33H35FN4O2S. The molecule has 0 radical (unpaired) electrons. The van der Waals surface area contributed by atoms with Crippen LogP contribution in [-0.4, -0.2) is 65.4 Å². The van der Waals surface area contributed by atoms with E-state index >= 15 is 0 Å². The van der Waals surface area contributed by atoms with Crippen LogP contribution < -0.4 is 4.74 Å². The van der Waals surface area contributed by atoms with Crippen molar-refractivity contribution < 1.29 is 13.9 Å². The molecule has 1 amide bonds. The van der Waals surface area contributed by atoms with Gasteiger partial charge in [-0.25, -0.2) is 9.37 Å². The summed E-state index contributed by atoms with van der Waals surface area (Å²) in [6.45, 7) is 5.85. The van der Waals surface area contributed by atoms with E-state index in [1.807, 2.05) is 64.9 Å². The second kappa shape index (κ2) is 14.2. The van der Waals surface area contributed by atoms with Crippen molar-refractivity contribution in [2.75, 3.05) is 39.8 Å². The lowest BCUT2D eigenvalue weighted by Gasteiger charge is -2.33. The maximum Gasteiger partial charge on any atom is 0.273 e. The fraction of sp³-hybridized carbons (Fsp3) is 0.273. The first-order valence-electron chi connectivity index (χ1n) is 13.8. The number of benzene rings is 3. The summed E-state index contributed by atoms with van der Waals surface area (Å²) in [6, 6.07) is 24.9. The van der Waals surface area contributed by atoms with E-state index in [-0.39, 0.29) is 11.7 Å². The molecule has 41 heavy (non-hydrogen) atoms. The van der Waals surface area contributed by atoms with Gasteiger partial charge in [0.15, 0.2) is 0 Å². The smallest absolute Gasteiger partial charge is 0.273 e. The first kappa shape index (κ1) is 28.7. The number of hydrogen-bond acceptors (Lipinski definition) is 6. The van der Waals surface area contributed by atoms with Gasteiger partial charge in [-0.05, 0) is 41.0 Å². The number of thiazole rings is 1. The number of aromatic nitrogens is 1. The highest BCUT2D eigenvalue weighted by Gasteiger charge is 2.24. The Kier molecular flexibility index (Phi) is 9.91. The minimum absolute atomic E-state index is 0.00721. The first-order valence-corrected chi connectivity index (χ1v) is 14.7. The second-order valence-corrected chi connectivity index (χ2v) is 11.1. The molecule has 3 aromatic carbocycles. The van der Waals surface area contributed by atoms with Gasteiger partial charge in [0.25, 0.3) is 5.91 Å². The van der Waals surface area contributed by atoms with Crippen LogP contribution in [0.1, 0.15) is 32.2 Å². The lowest BCUT2D eigenvalue weighted by Crippen LogP contribution is -2.48. The molecule has 0 N–H and O–H groups in total. The number of hydrogen-bond donors (Lipinski definition) is 0. The number of rotatable bonds is 11. The zero-order chi connectivity index (χ0) is 28.4. The fourth-order valence-electron chi connectivity index (χ4n) is 4.88. The van der Waals surface area contributed by atoms with Gasteiger partial charge in [0.05, 0.1) is 13.7 Å². The van der Waals surface area contributed by atoms with E-state index in [2.05, 4.69) is 34.1 Å². The van der Waals surface area contributed by atoms with Crippen LogP contribution in [-0.2, 0) is 19.6 Å². The third-order valence-electron chi connectivity index (χ3n) is 7.15. The molecule has 0 aliphatic carbocycles. The molecule has 4 aromatic rings. The maximum absolute atomic E-state index is 13.5. The lowest BCUT2D eigenvalue weighted by molar-refractivity contribution is 0.0645. The van der Waals surface area contributed by atoms with Gasteiger partial charge in [0.2, 0.25) is 0 Å². The van der Waals surface area contributed by atoms with E-state index in [0.29, 0.717) is 38.4 Å². The number of methoxy groups -OCH3 is 1. The van der Waals surface area contributed by atoms with Crippen LogP contribution in [0, 0.1) is 5.82 Å². The Balaban J connectivity index is 1.17. The molecule has 5 rings (SSSR count). The molecule has 212 valence electrons. The third kappa shape index (κ3) is 8.33. The normalized spacial score (nSPS) is 14.2. The molecule has 0 bridgehead atoms. The summed E-state index contributed by atoms with van der Waals surface area (Å²) in [5.41, 5.74) is 3.86. The number of carbonyl (C=O) groups is 1. The van der Waals surface area contributed by atoms with Crippen LogP contribution in [0.4, 0.5) is 4.39 Å². The number of carbonyl (C=O) groups excluding carboxylic acids is 1. The van der Waals surface area contributed by atoms with Gasteiger partial charge in [0.1, 0.15) is 22.3 Å². The standard InChI is InChI=1S/C33H35FN4O2S/c1-40-30-15-11-28(12-16-30)23-37(22-27-9-13-29(34)14-10-27)24-32-35-31(25-41-32)33(39)38-20-18-36(19-21-38)17-5-8-26-6-3-2-4-7-26/h2-16,25H,17-24H2,1H3/b8-5+. The van der Waals surface area contributed by atoms with Gasteiger partial charge < -0.3 is 9.64 Å². The molecular weight excluding hydrogens is 535 g/mol. The zero-order valence-electron chi connectivity index (χ0n) is 23.3. The summed E-state index contributed by atoms with van der Waals surface area (Å²) in [5, 5.41) is 2.75. The predicted molar refractivity (Wildman–Crippen MR) is 162 cm³/mol. The Labute approximate surface area is 245 Å². The van der Waals surface area contributed by atoms with Crippen molar-refractivity contribution in [2.45, 2.75) is 19.6 Å². The van der Waals surface area contributed by atoms with Crippen molar-refractivity contribution in [3.8, 4) is 5.75 Å². The van der Waals surface area contributed by atoms with Crippen LogP contribution in [0.25, 0.3) is 6.08 Å². The largest absolute Gasteiger partial charge is 0.497 e. The average Bonchev–Trinajstić information content (AvgIpc) is 3.47. The summed E-state index contributed by atoms with van der Waals surface area (Å²) in [5.74, 6) is 0.557. The molecule has 0 spiro atoms. The highest BCUT2D eigenvalue weighted by molar-refractivity contribution is 7.09. The number of piperazine rings is 1. The van der Waals surface area contributed by atoms with Crippen LogP contribution in [0.5, 0.6) is 5.75 Å². The highest BCUT2D eigenvalue weighted by Crippen LogP contribution is 2.20. The molecule has 0 atom stereocenters. The van der Waals surface area contributed by atoms with Crippen molar-refractivity contribution in [2.24, 2.45) is 0 Å². The van der Waals surface area contributed by atoms with Crippen LogP contribution in [0.3, 0.4) is 0 Å². The Morgan fingerprint density at radius 2 is 1.59 bits per heavy atom. The molecule has 1 aliphatic heterocycles. The van der Waals surface area contributed by atoms with Gasteiger partial charge in [-0.3, -0.25) is 14.6 Å². The summed E-state index contributed by atoms with van der Waals surface area (Å²) in [7, 11) is 1.65. The molecule has 1 aromatic heterocycles. The predicted octanol–water partition coefficient (Wildman–Crippen LogP) is 5.96. The Morgan fingerprint density at radius 1 is 0.927 bits per heavy atom. The second-order valence-electron chi connectivity index (χ2n) is 10.2. The van der Waals surface area contributed by atoms with Crippen molar-refractivity contribution >= 4 is 23.3 Å². The molecule has 1 aliphatic rings. The molecule has 8 heteroatoms. The zero-order valence-corrected chi connectivity index (χ0v) is 24.1. The van der Waals surface area contributed by atoms with E-state index < -0.39 is 0 Å². The number of ether oxygens (including phenoxy) is 1. The summed E-state index contributed by atoms with van der Waals surface area (Å²) < 4.78 is 18.8. The molecule has 1 saturated heterocycles. The average molecular weight is 571 g/mol. The van der Waals surface area contributed by atoms with E-state index in [1.54, 1.807) is 7.11 Å². The minimum Gasteiger partial charge on any atom is -0.497 e. The van der Waals surface area contributed by atoms with Crippen molar-refractivity contribution in [3.05, 3.63) is 124 Å². The topological polar surface area (TPSA) is 48.9 Å². The van der Waals surface area contributed by atoms with Gasteiger partial charge >= 0.3 is 0 Å². The SMILES string of the molecule is COc1ccc(CN(Cc2ccc(F)cc2)Cc2nc(C(=O)N3CCN(C/C=C/c4ccccc4)CC3)cs2)cc1. The quantitative estimate of drug-likeness (QED) is 0.223. The minimum atomic E-state index is -0.247. The lowest BCUT2D eigenvalue weighted by atomic mass is 10.1. The molecule has 2 heterocycles. The van der Waals surface area contributed by atoms with Crippen molar-refractivity contribution in [1.82, 2.24) is 19.7 Å². The maximum atomic E-state index is 13.5. The van der Waals surface area contributed by atoms with E-state index in [1.165, 1.54) is 29.0 Å². The van der Waals surface area contributed by atoms with Crippen LogP contribution in [0.15, 0.2) is 90.3 Å². The first-order chi connectivity index (χ1) is 20.1. The molecule has 0 saturated carbocycles. The third-order valence-corrected chi connectivity index (χ3v) is 7.98. The van der Waals surface area contributed by atoms with Gasteiger partial charge in [-0.1, -0.05) is 66.7 Å². The number of halogens is 1. The van der Waals surface area contributed by atoms with Gasteiger partial charge in [0, 0.05) is 51.2 Å². The highest BCUT2D eigenvalue weighted by atomic mass is 32.1. The monoisotopic (exact) mass is 570 g/mol. The fourth-order valence-corrected chi connectivity index (χ4v) is 5.68.